The van der Waals surface area contributed by atoms with Crippen LogP contribution in [0.15, 0.2) is 30.3 Å². The van der Waals surface area contributed by atoms with Gasteiger partial charge >= 0.3 is 5.97 Å². The van der Waals surface area contributed by atoms with E-state index in [1.807, 2.05) is 37.3 Å². The molecule has 0 aliphatic carbocycles. The summed E-state index contributed by atoms with van der Waals surface area (Å²) in [5.41, 5.74) is 0.594. The summed E-state index contributed by atoms with van der Waals surface area (Å²) in [5, 5.41) is 0. The van der Waals surface area contributed by atoms with Crippen molar-refractivity contribution in [3.63, 3.8) is 0 Å². The van der Waals surface area contributed by atoms with Crippen LogP contribution in [0.2, 0.25) is 0 Å². The largest absolute Gasteiger partial charge is 0.467 e. The summed E-state index contributed by atoms with van der Waals surface area (Å²) in [6.45, 7) is 2.01. The van der Waals surface area contributed by atoms with Crippen molar-refractivity contribution in [2.45, 2.75) is 25.0 Å². The van der Waals surface area contributed by atoms with Gasteiger partial charge in [-0.3, -0.25) is 0 Å². The van der Waals surface area contributed by atoms with E-state index >= 15 is 0 Å². The van der Waals surface area contributed by atoms with Crippen LogP contribution in [0.1, 0.15) is 18.9 Å². The van der Waals surface area contributed by atoms with Crippen molar-refractivity contribution < 1.29 is 14.3 Å². The summed E-state index contributed by atoms with van der Waals surface area (Å²) >= 11 is 0. The highest BCUT2D eigenvalue weighted by molar-refractivity contribution is 5.79. The number of carbonyl (C=O) groups is 1. The first kappa shape index (κ1) is 10.2. The van der Waals surface area contributed by atoms with Gasteiger partial charge in [0.2, 0.25) is 0 Å². The molecular formula is C12H14O3. The smallest absolute Gasteiger partial charge is 0.338 e. The molecule has 1 saturated heterocycles. The van der Waals surface area contributed by atoms with Crippen molar-refractivity contribution in [3.05, 3.63) is 35.9 Å². The van der Waals surface area contributed by atoms with Crippen LogP contribution in [0.5, 0.6) is 0 Å². The maximum absolute atomic E-state index is 11.4. The third-order valence-electron chi connectivity index (χ3n) is 2.90. The van der Waals surface area contributed by atoms with Crippen molar-refractivity contribution in [1.82, 2.24) is 0 Å². The molecule has 1 aliphatic rings. The van der Waals surface area contributed by atoms with E-state index in [2.05, 4.69) is 4.74 Å². The number of ether oxygens (including phenoxy) is 2. The summed E-state index contributed by atoms with van der Waals surface area (Å²) in [6, 6.07) is 9.80. The number of carbonyl (C=O) groups excluding carboxylic acids is 1. The molecule has 1 aliphatic heterocycles. The van der Waals surface area contributed by atoms with Gasteiger partial charge in [-0.15, -0.1) is 0 Å². The SMILES string of the molecule is CCC1(c2ccccc2)OC1C(=O)OC. The fourth-order valence-corrected chi connectivity index (χ4v) is 1.93. The minimum absolute atomic E-state index is 0.291. The number of rotatable bonds is 3. The van der Waals surface area contributed by atoms with Crippen LogP contribution in [0.3, 0.4) is 0 Å². The number of hydrogen-bond donors (Lipinski definition) is 0. The van der Waals surface area contributed by atoms with Gasteiger partial charge < -0.3 is 9.47 Å². The predicted molar refractivity (Wildman–Crippen MR) is 55.3 cm³/mol. The third kappa shape index (κ3) is 1.53. The Kier molecular flexibility index (Phi) is 2.49. The molecule has 2 rings (SSSR count). The number of methoxy groups -OCH3 is 1. The first-order valence-corrected chi connectivity index (χ1v) is 5.06. The zero-order chi connectivity index (χ0) is 10.9. The van der Waals surface area contributed by atoms with Crippen LogP contribution in [0, 0.1) is 0 Å². The van der Waals surface area contributed by atoms with Crippen molar-refractivity contribution in [1.29, 1.82) is 0 Å². The molecule has 80 valence electrons. The van der Waals surface area contributed by atoms with E-state index in [1.165, 1.54) is 7.11 Å². The van der Waals surface area contributed by atoms with Crippen LogP contribution in [-0.4, -0.2) is 19.2 Å². The second-order valence-corrected chi connectivity index (χ2v) is 3.63. The first-order valence-electron chi connectivity index (χ1n) is 5.06. The molecular weight excluding hydrogens is 192 g/mol. The van der Waals surface area contributed by atoms with Gasteiger partial charge in [-0.25, -0.2) is 4.79 Å². The normalized spacial score (nSPS) is 28.5. The Balaban J connectivity index is 2.24. The average Bonchev–Trinajstić information content (AvgIpc) is 3.05. The van der Waals surface area contributed by atoms with Crippen molar-refractivity contribution in [3.8, 4) is 0 Å². The Morgan fingerprint density at radius 2 is 2.13 bits per heavy atom. The molecule has 0 amide bonds. The lowest BCUT2D eigenvalue weighted by molar-refractivity contribution is -0.142. The highest BCUT2D eigenvalue weighted by atomic mass is 16.7. The number of esters is 1. The van der Waals surface area contributed by atoms with Crippen molar-refractivity contribution in [2.24, 2.45) is 0 Å². The van der Waals surface area contributed by atoms with Gasteiger partial charge in [0.15, 0.2) is 6.10 Å². The molecule has 0 N–H and O–H groups in total. The van der Waals surface area contributed by atoms with E-state index < -0.39 is 11.7 Å². The number of benzene rings is 1. The lowest BCUT2D eigenvalue weighted by Gasteiger charge is -2.09. The zero-order valence-electron chi connectivity index (χ0n) is 8.90. The molecule has 1 aromatic rings. The molecule has 15 heavy (non-hydrogen) atoms. The van der Waals surface area contributed by atoms with Gasteiger partial charge in [0.05, 0.1) is 7.11 Å². The van der Waals surface area contributed by atoms with Crippen molar-refractivity contribution >= 4 is 5.97 Å². The van der Waals surface area contributed by atoms with Crippen LogP contribution in [0.25, 0.3) is 0 Å². The monoisotopic (exact) mass is 206 g/mol. The zero-order valence-corrected chi connectivity index (χ0v) is 8.90. The molecule has 2 unspecified atom stereocenters. The Hall–Kier alpha value is -1.35. The summed E-state index contributed by atoms with van der Waals surface area (Å²) in [5.74, 6) is -0.291. The summed E-state index contributed by atoms with van der Waals surface area (Å²) in [6.07, 6.45) is 0.339. The van der Waals surface area contributed by atoms with Crippen LogP contribution >= 0.6 is 0 Å². The highest BCUT2D eigenvalue weighted by Crippen LogP contribution is 2.49. The average molecular weight is 206 g/mol. The van der Waals surface area contributed by atoms with E-state index in [4.69, 9.17) is 4.74 Å². The lowest BCUT2D eigenvalue weighted by Crippen LogP contribution is -2.19. The Bertz CT molecular complexity index is 360. The van der Waals surface area contributed by atoms with Gasteiger partial charge in [-0.2, -0.15) is 0 Å². The summed E-state index contributed by atoms with van der Waals surface area (Å²) < 4.78 is 10.2. The molecule has 0 spiro atoms. The van der Waals surface area contributed by atoms with Crippen LogP contribution in [-0.2, 0) is 19.9 Å². The molecule has 1 aromatic carbocycles. The molecule has 1 fully saturated rings. The van der Waals surface area contributed by atoms with Gasteiger partial charge in [0.1, 0.15) is 5.60 Å². The summed E-state index contributed by atoms with van der Waals surface area (Å²) in [4.78, 5) is 11.4. The van der Waals surface area contributed by atoms with E-state index in [1.54, 1.807) is 0 Å². The second-order valence-electron chi connectivity index (χ2n) is 3.63. The molecule has 0 radical (unpaired) electrons. The third-order valence-corrected chi connectivity index (χ3v) is 2.90. The Labute approximate surface area is 89.0 Å². The van der Waals surface area contributed by atoms with E-state index in [0.29, 0.717) is 0 Å². The maximum Gasteiger partial charge on any atom is 0.338 e. The minimum Gasteiger partial charge on any atom is -0.467 e. The fourth-order valence-electron chi connectivity index (χ4n) is 1.93. The lowest BCUT2D eigenvalue weighted by atomic mass is 9.93. The van der Waals surface area contributed by atoms with Crippen molar-refractivity contribution in [2.75, 3.05) is 7.11 Å². The number of epoxide rings is 1. The second kappa shape index (κ2) is 3.66. The standard InChI is InChI=1S/C12H14O3/c1-3-12(9-7-5-4-6-8-9)10(15-12)11(13)14-2/h4-8,10H,3H2,1-2H3. The molecule has 3 nitrogen and oxygen atoms in total. The van der Waals surface area contributed by atoms with Gasteiger partial charge in [-0.05, 0) is 12.0 Å². The molecule has 0 aromatic heterocycles. The highest BCUT2D eigenvalue weighted by Gasteiger charge is 2.61. The molecule has 3 heteroatoms. The maximum atomic E-state index is 11.4. The van der Waals surface area contributed by atoms with Crippen LogP contribution < -0.4 is 0 Å². The topological polar surface area (TPSA) is 38.8 Å². The fraction of sp³-hybridized carbons (Fsp3) is 0.417. The molecule has 0 bridgehead atoms. The minimum atomic E-state index is -0.450. The molecule has 1 heterocycles. The first-order chi connectivity index (χ1) is 7.24. The van der Waals surface area contributed by atoms with E-state index in [9.17, 15) is 4.79 Å². The van der Waals surface area contributed by atoms with Crippen LogP contribution in [0.4, 0.5) is 0 Å². The van der Waals surface area contributed by atoms with Gasteiger partial charge in [-0.1, -0.05) is 37.3 Å². The molecule has 0 saturated carbocycles. The van der Waals surface area contributed by atoms with E-state index in [0.717, 1.165) is 12.0 Å². The van der Waals surface area contributed by atoms with E-state index in [-0.39, 0.29) is 5.97 Å². The van der Waals surface area contributed by atoms with Gasteiger partial charge in [0.25, 0.3) is 0 Å². The number of hydrogen-bond acceptors (Lipinski definition) is 3. The van der Waals surface area contributed by atoms with Gasteiger partial charge in [0, 0.05) is 0 Å². The Morgan fingerprint density at radius 1 is 1.47 bits per heavy atom. The quantitative estimate of drug-likeness (QED) is 0.559. The summed E-state index contributed by atoms with van der Waals surface area (Å²) in [7, 11) is 1.38. The Morgan fingerprint density at radius 3 is 2.67 bits per heavy atom. The molecule has 2 atom stereocenters. The predicted octanol–water partition coefficient (Wildman–Crippen LogP) is 1.86.